The lowest BCUT2D eigenvalue weighted by Crippen LogP contribution is -2.39. The van der Waals surface area contributed by atoms with Crippen molar-refractivity contribution < 1.29 is 14.0 Å². The van der Waals surface area contributed by atoms with Gasteiger partial charge in [0.1, 0.15) is 12.4 Å². The van der Waals surface area contributed by atoms with Crippen LogP contribution in [0.4, 0.5) is 10.1 Å². The van der Waals surface area contributed by atoms with E-state index < -0.39 is 0 Å². The minimum Gasteiger partial charge on any atom is -0.357 e. The molecule has 26 heavy (non-hydrogen) atoms. The summed E-state index contributed by atoms with van der Waals surface area (Å²) in [6.45, 7) is 4.81. The molecule has 0 atom stereocenters. The number of amides is 2. The predicted molar refractivity (Wildman–Crippen MR) is 99.4 cm³/mol. The molecule has 1 aliphatic heterocycles. The summed E-state index contributed by atoms with van der Waals surface area (Å²) in [7, 11) is 0. The third-order valence-electron chi connectivity index (χ3n) is 3.92. The summed E-state index contributed by atoms with van der Waals surface area (Å²) >= 11 is 0. The highest BCUT2D eigenvalue weighted by molar-refractivity contribution is 5.94. The molecule has 2 rings (SSSR count). The Bertz CT molecular complexity index is 633. The van der Waals surface area contributed by atoms with Crippen LogP contribution >= 0.6 is 0 Å². The number of guanidine groups is 1. The van der Waals surface area contributed by atoms with Crippen LogP contribution in [0, 0.1) is 5.82 Å². The monoisotopic (exact) mass is 363 g/mol. The van der Waals surface area contributed by atoms with E-state index in [0.29, 0.717) is 31.2 Å². The highest BCUT2D eigenvalue weighted by atomic mass is 19.1. The third-order valence-corrected chi connectivity index (χ3v) is 3.92. The lowest BCUT2D eigenvalue weighted by atomic mass is 10.3. The maximum Gasteiger partial charge on any atom is 0.246 e. The van der Waals surface area contributed by atoms with E-state index in [4.69, 9.17) is 0 Å². The lowest BCUT2D eigenvalue weighted by Gasteiger charge is -2.16. The summed E-state index contributed by atoms with van der Waals surface area (Å²) in [5.41, 5.74) is 0.528. The molecule has 7 nitrogen and oxygen atoms in total. The van der Waals surface area contributed by atoms with Crippen LogP contribution in [0.15, 0.2) is 29.3 Å². The van der Waals surface area contributed by atoms with E-state index in [0.717, 1.165) is 25.9 Å². The summed E-state index contributed by atoms with van der Waals surface area (Å²) in [4.78, 5) is 29.6. The molecule has 0 unspecified atom stereocenters. The number of anilines is 1. The van der Waals surface area contributed by atoms with E-state index in [1.165, 1.54) is 24.3 Å². The highest BCUT2D eigenvalue weighted by Gasteiger charge is 2.18. The Balaban J connectivity index is 1.73. The van der Waals surface area contributed by atoms with Crippen LogP contribution in [-0.2, 0) is 9.59 Å². The van der Waals surface area contributed by atoms with Gasteiger partial charge in [0.2, 0.25) is 11.8 Å². The van der Waals surface area contributed by atoms with Crippen molar-refractivity contribution in [3.63, 3.8) is 0 Å². The average Bonchev–Trinajstić information content (AvgIpc) is 3.03. The van der Waals surface area contributed by atoms with E-state index in [-0.39, 0.29) is 24.2 Å². The zero-order chi connectivity index (χ0) is 18.8. The molecule has 0 radical (unpaired) electrons. The van der Waals surface area contributed by atoms with Gasteiger partial charge < -0.3 is 20.9 Å². The molecular weight excluding hydrogens is 337 g/mol. The fourth-order valence-corrected chi connectivity index (χ4v) is 2.64. The van der Waals surface area contributed by atoms with Crippen LogP contribution in [0.25, 0.3) is 0 Å². The number of hydrogen-bond acceptors (Lipinski definition) is 3. The number of carbonyl (C=O) groups is 2. The van der Waals surface area contributed by atoms with Gasteiger partial charge in [-0.1, -0.05) is 0 Å². The fourth-order valence-electron chi connectivity index (χ4n) is 2.64. The minimum absolute atomic E-state index is 0.0443. The summed E-state index contributed by atoms with van der Waals surface area (Å²) in [5.74, 6) is 0.143. The maximum atomic E-state index is 12.9. The van der Waals surface area contributed by atoms with Crippen LogP contribution in [0.1, 0.15) is 26.2 Å². The van der Waals surface area contributed by atoms with Crippen molar-refractivity contribution in [1.82, 2.24) is 15.5 Å². The largest absolute Gasteiger partial charge is 0.357 e. The molecule has 1 saturated heterocycles. The van der Waals surface area contributed by atoms with Crippen molar-refractivity contribution in [2.24, 2.45) is 4.99 Å². The topological polar surface area (TPSA) is 85.8 Å². The van der Waals surface area contributed by atoms with Crippen molar-refractivity contribution in [1.29, 1.82) is 0 Å². The van der Waals surface area contributed by atoms with Crippen LogP contribution in [0.5, 0.6) is 0 Å². The number of aliphatic imine (C=N–C) groups is 1. The molecule has 0 bridgehead atoms. The Morgan fingerprint density at radius 2 is 2.04 bits per heavy atom. The predicted octanol–water partition coefficient (Wildman–Crippen LogP) is 1.33. The normalized spacial score (nSPS) is 14.5. The summed E-state index contributed by atoms with van der Waals surface area (Å²) in [6.07, 6.45) is 2.41. The zero-order valence-corrected chi connectivity index (χ0v) is 15.1. The summed E-state index contributed by atoms with van der Waals surface area (Å²) < 4.78 is 12.9. The van der Waals surface area contributed by atoms with E-state index in [2.05, 4.69) is 20.9 Å². The molecule has 1 heterocycles. The van der Waals surface area contributed by atoms with Gasteiger partial charge in [-0.3, -0.25) is 9.59 Å². The van der Waals surface area contributed by atoms with Crippen LogP contribution < -0.4 is 16.0 Å². The van der Waals surface area contributed by atoms with Crippen LogP contribution in [0.3, 0.4) is 0 Å². The minimum atomic E-state index is -0.352. The van der Waals surface area contributed by atoms with E-state index >= 15 is 0 Å². The Hall–Kier alpha value is -2.64. The van der Waals surface area contributed by atoms with Gasteiger partial charge in [0.15, 0.2) is 5.96 Å². The molecule has 142 valence electrons. The van der Waals surface area contributed by atoms with Gasteiger partial charge in [0.05, 0.1) is 0 Å². The van der Waals surface area contributed by atoms with Gasteiger partial charge >= 0.3 is 0 Å². The smallest absolute Gasteiger partial charge is 0.246 e. The SMILES string of the molecule is CCNC(=NCC(=O)Nc1ccc(F)cc1)NCCCN1CCCC1=O. The molecular formula is C18H26FN5O2. The molecule has 0 spiro atoms. The number of nitrogens with one attached hydrogen (secondary N) is 3. The second kappa shape index (κ2) is 10.4. The van der Waals surface area contributed by atoms with Gasteiger partial charge in [0, 0.05) is 38.3 Å². The molecule has 0 aliphatic carbocycles. The first-order valence-electron chi connectivity index (χ1n) is 8.94. The van der Waals surface area contributed by atoms with Crippen molar-refractivity contribution in [3.8, 4) is 0 Å². The van der Waals surface area contributed by atoms with Crippen molar-refractivity contribution in [2.75, 3.05) is 38.0 Å². The van der Waals surface area contributed by atoms with Crippen molar-refractivity contribution in [2.45, 2.75) is 26.2 Å². The number of halogens is 1. The second-order valence-electron chi connectivity index (χ2n) is 6.01. The standard InChI is InChI=1S/C18H26FN5O2/c1-2-20-18(21-10-4-12-24-11-3-5-17(24)26)22-13-16(25)23-15-8-6-14(19)7-9-15/h6-9H,2-5,10-13H2,1H3,(H,23,25)(H2,20,21,22). The number of hydrogen-bond donors (Lipinski definition) is 3. The molecule has 1 aromatic rings. The first kappa shape index (κ1) is 19.7. The second-order valence-corrected chi connectivity index (χ2v) is 6.01. The van der Waals surface area contributed by atoms with Crippen molar-refractivity contribution in [3.05, 3.63) is 30.1 Å². The number of nitrogens with zero attached hydrogens (tertiary/aromatic N) is 2. The third kappa shape index (κ3) is 6.70. The Morgan fingerprint density at radius 3 is 2.69 bits per heavy atom. The number of benzene rings is 1. The van der Waals surface area contributed by atoms with Gasteiger partial charge in [-0.25, -0.2) is 9.38 Å². The number of carbonyl (C=O) groups excluding carboxylic acids is 2. The van der Waals surface area contributed by atoms with Gasteiger partial charge in [-0.15, -0.1) is 0 Å². The quantitative estimate of drug-likeness (QED) is 0.370. The fraction of sp³-hybridized carbons (Fsp3) is 0.500. The molecule has 8 heteroatoms. The lowest BCUT2D eigenvalue weighted by molar-refractivity contribution is -0.127. The van der Waals surface area contributed by atoms with Crippen LogP contribution in [0.2, 0.25) is 0 Å². The van der Waals surface area contributed by atoms with E-state index in [9.17, 15) is 14.0 Å². The van der Waals surface area contributed by atoms with Gasteiger partial charge in [0.25, 0.3) is 0 Å². The molecule has 0 aromatic heterocycles. The molecule has 1 fully saturated rings. The van der Waals surface area contributed by atoms with Gasteiger partial charge in [-0.2, -0.15) is 0 Å². The highest BCUT2D eigenvalue weighted by Crippen LogP contribution is 2.09. The Kier molecular flexibility index (Phi) is 7.85. The summed E-state index contributed by atoms with van der Waals surface area (Å²) in [6, 6.07) is 5.57. The first-order valence-corrected chi connectivity index (χ1v) is 8.94. The van der Waals surface area contributed by atoms with E-state index in [1.54, 1.807) is 0 Å². The van der Waals surface area contributed by atoms with E-state index in [1.807, 2.05) is 11.8 Å². The average molecular weight is 363 g/mol. The number of likely N-dealkylation sites (tertiary alicyclic amines) is 1. The molecule has 2 amide bonds. The van der Waals surface area contributed by atoms with Gasteiger partial charge in [-0.05, 0) is 44.0 Å². The Labute approximate surface area is 153 Å². The Morgan fingerprint density at radius 1 is 1.27 bits per heavy atom. The molecule has 1 aliphatic rings. The molecule has 0 saturated carbocycles. The zero-order valence-electron chi connectivity index (χ0n) is 15.1. The number of rotatable bonds is 8. The maximum absolute atomic E-state index is 12.9. The molecule has 1 aromatic carbocycles. The molecule has 3 N–H and O–H groups in total. The van der Waals surface area contributed by atoms with Crippen LogP contribution in [-0.4, -0.2) is 55.4 Å². The first-order chi connectivity index (χ1) is 12.6. The summed E-state index contributed by atoms with van der Waals surface area (Å²) in [5, 5.41) is 8.90. The van der Waals surface area contributed by atoms with Crippen molar-refractivity contribution >= 4 is 23.5 Å².